The number of nitrogens with zero attached hydrogens (tertiary/aromatic N) is 3. The number of esters is 1. The molecule has 4 rings (SSSR count). The molecule has 0 bridgehead atoms. The molecule has 0 aliphatic carbocycles. The molecule has 0 fully saturated rings. The van der Waals surface area contributed by atoms with Crippen LogP contribution in [0.25, 0.3) is 11.0 Å². The fraction of sp³-hybridized carbons (Fsp3) is 0.290. The summed E-state index contributed by atoms with van der Waals surface area (Å²) in [5.74, 6) is -1.41. The maximum absolute atomic E-state index is 13.6. The number of hydrogen-bond donors (Lipinski definition) is 3. The van der Waals surface area contributed by atoms with Gasteiger partial charge in [0.1, 0.15) is 18.7 Å². The zero-order chi connectivity index (χ0) is 32.9. The highest BCUT2D eigenvalue weighted by atomic mass is 32.2. The number of nitro benzene ring substituents is 1. The lowest BCUT2D eigenvalue weighted by Gasteiger charge is -2.23. The van der Waals surface area contributed by atoms with E-state index in [0.717, 1.165) is 22.9 Å². The van der Waals surface area contributed by atoms with Crippen molar-refractivity contribution in [1.29, 1.82) is 0 Å². The number of amides is 2. The van der Waals surface area contributed by atoms with Crippen molar-refractivity contribution >= 4 is 57.1 Å². The van der Waals surface area contributed by atoms with Crippen LogP contribution in [0.3, 0.4) is 0 Å². The van der Waals surface area contributed by atoms with Crippen LogP contribution in [0.4, 0.5) is 11.4 Å². The second-order valence-electron chi connectivity index (χ2n) is 10.1. The van der Waals surface area contributed by atoms with Gasteiger partial charge in [0.15, 0.2) is 10.6 Å². The van der Waals surface area contributed by atoms with Gasteiger partial charge < -0.3 is 20.7 Å². The average molecular weight is 649 g/mol. The molecule has 15 heteroatoms. The summed E-state index contributed by atoms with van der Waals surface area (Å²) in [5.41, 5.74) is 1.82. The molecule has 0 saturated heterocycles. The number of fused-ring (bicyclic) bond motifs is 1. The number of hydrogen-bond acceptors (Lipinski definition) is 12. The van der Waals surface area contributed by atoms with Crippen molar-refractivity contribution in [2.45, 2.75) is 38.3 Å². The molecule has 0 radical (unpaired) electrons. The van der Waals surface area contributed by atoms with Crippen molar-refractivity contribution in [3.63, 3.8) is 0 Å². The molecular formula is C31H32N6O8S. The minimum atomic E-state index is -1.05. The normalized spacial score (nSPS) is 12.1. The fourth-order valence-electron chi connectivity index (χ4n) is 4.52. The smallest absolute Gasteiger partial charge is 0.329 e. The molecule has 2 amide bonds. The second-order valence-corrected chi connectivity index (χ2v) is 11.4. The third-order valence-electron chi connectivity index (χ3n) is 6.71. The number of non-ortho nitro benzene ring substituents is 1. The lowest BCUT2D eigenvalue weighted by Crippen LogP contribution is -2.53. The summed E-state index contributed by atoms with van der Waals surface area (Å²) in [6, 6.07) is 18.8. The number of carbonyl (C=O) groups is 4. The Kier molecular flexibility index (Phi) is 12.2. The SMILES string of the molecule is CC(=O)SCCOC(=O)C(Cc1ccccc1)NC(=O)C(Cc1ccccc1)NC(=O)CCNc1ccc([N+](=O)[O-])c2nonc12. The van der Waals surface area contributed by atoms with Crippen LogP contribution in [-0.2, 0) is 36.8 Å². The maximum atomic E-state index is 13.6. The van der Waals surface area contributed by atoms with E-state index in [2.05, 4.69) is 30.9 Å². The first-order chi connectivity index (χ1) is 22.2. The van der Waals surface area contributed by atoms with Crippen LogP contribution in [0.15, 0.2) is 77.4 Å². The molecule has 4 aromatic rings. The Balaban J connectivity index is 1.43. The first-order valence-electron chi connectivity index (χ1n) is 14.3. The molecule has 0 aliphatic heterocycles. The first kappa shape index (κ1) is 33.6. The van der Waals surface area contributed by atoms with Gasteiger partial charge in [-0.25, -0.2) is 9.42 Å². The van der Waals surface area contributed by atoms with Crippen LogP contribution in [0.5, 0.6) is 0 Å². The van der Waals surface area contributed by atoms with Gasteiger partial charge in [-0.05, 0) is 27.5 Å². The Bertz CT molecular complexity index is 1670. The van der Waals surface area contributed by atoms with Crippen LogP contribution in [0, 0.1) is 10.1 Å². The number of anilines is 1. The monoisotopic (exact) mass is 648 g/mol. The van der Waals surface area contributed by atoms with E-state index in [1.165, 1.54) is 19.1 Å². The second kappa shape index (κ2) is 16.7. The molecule has 2 atom stereocenters. The molecule has 1 aromatic heterocycles. The van der Waals surface area contributed by atoms with Crippen molar-refractivity contribution < 1.29 is 33.5 Å². The van der Waals surface area contributed by atoms with Crippen LogP contribution in [0.1, 0.15) is 24.5 Å². The fourth-order valence-corrected chi connectivity index (χ4v) is 4.98. The topological polar surface area (TPSA) is 196 Å². The van der Waals surface area contributed by atoms with Crippen molar-refractivity contribution in [3.8, 4) is 0 Å². The largest absolute Gasteiger partial charge is 0.463 e. The summed E-state index contributed by atoms with van der Waals surface area (Å²) in [7, 11) is 0. The van der Waals surface area contributed by atoms with Crippen molar-refractivity contribution in [2.24, 2.45) is 0 Å². The first-order valence-corrected chi connectivity index (χ1v) is 15.3. The van der Waals surface area contributed by atoms with Crippen LogP contribution in [0.2, 0.25) is 0 Å². The maximum Gasteiger partial charge on any atom is 0.329 e. The van der Waals surface area contributed by atoms with Crippen LogP contribution < -0.4 is 16.0 Å². The number of nitro groups is 1. The standard InChI is InChI=1S/C31H32N6O8S/c1-20(38)46-17-16-44-31(41)25(19-22-10-6-3-7-11-22)34-30(40)24(18-21-8-4-2-5-9-21)33-27(39)14-15-32-23-12-13-26(37(42)43)29-28(23)35-45-36-29/h2-13,24-25,32H,14-19H2,1H3,(H,33,39)(H,34,40). The Labute approximate surface area is 267 Å². The highest BCUT2D eigenvalue weighted by Crippen LogP contribution is 2.28. The minimum absolute atomic E-state index is 0.00706. The summed E-state index contributed by atoms with van der Waals surface area (Å²) in [6.45, 7) is 1.52. The quantitative estimate of drug-likeness (QED) is 0.0696. The third kappa shape index (κ3) is 9.85. The Morgan fingerprint density at radius 1 is 0.891 bits per heavy atom. The molecule has 1 heterocycles. The van der Waals surface area contributed by atoms with E-state index in [0.29, 0.717) is 5.69 Å². The van der Waals surface area contributed by atoms with Crippen molar-refractivity contribution in [2.75, 3.05) is 24.2 Å². The zero-order valence-electron chi connectivity index (χ0n) is 24.8. The van der Waals surface area contributed by atoms with E-state index >= 15 is 0 Å². The molecule has 0 spiro atoms. The van der Waals surface area contributed by atoms with Gasteiger partial charge in [0.2, 0.25) is 17.3 Å². The van der Waals surface area contributed by atoms with Crippen LogP contribution in [-0.4, -0.2) is 69.1 Å². The number of nitrogens with one attached hydrogen (secondary N) is 3. The Hall–Kier alpha value is -5.31. The molecule has 240 valence electrons. The predicted molar refractivity (Wildman–Crippen MR) is 170 cm³/mol. The summed E-state index contributed by atoms with van der Waals surface area (Å²) in [5, 5.41) is 27.0. The van der Waals surface area contributed by atoms with Crippen molar-refractivity contribution in [1.82, 2.24) is 20.9 Å². The number of ether oxygens (including phenoxy) is 1. The van der Waals surface area contributed by atoms with Crippen molar-refractivity contribution in [3.05, 3.63) is 94.0 Å². The van der Waals surface area contributed by atoms with E-state index in [9.17, 15) is 29.3 Å². The van der Waals surface area contributed by atoms with E-state index in [1.54, 1.807) is 0 Å². The van der Waals surface area contributed by atoms with Gasteiger partial charge in [-0.1, -0.05) is 72.4 Å². The minimum Gasteiger partial charge on any atom is -0.463 e. The molecular weight excluding hydrogens is 616 g/mol. The Morgan fingerprint density at radius 3 is 2.15 bits per heavy atom. The molecule has 14 nitrogen and oxygen atoms in total. The number of rotatable bonds is 16. The average Bonchev–Trinajstić information content (AvgIpc) is 3.54. The van der Waals surface area contributed by atoms with Gasteiger partial charge >= 0.3 is 11.7 Å². The molecule has 0 aliphatic rings. The van der Waals surface area contributed by atoms with Gasteiger partial charge in [-0.3, -0.25) is 24.5 Å². The van der Waals surface area contributed by atoms with Gasteiger partial charge in [-0.15, -0.1) is 0 Å². The predicted octanol–water partition coefficient (Wildman–Crippen LogP) is 3.21. The van der Waals surface area contributed by atoms with Gasteiger partial charge in [0.25, 0.3) is 0 Å². The lowest BCUT2D eigenvalue weighted by atomic mass is 10.0. The van der Waals surface area contributed by atoms with Crippen LogP contribution >= 0.6 is 11.8 Å². The summed E-state index contributed by atoms with van der Waals surface area (Å²) < 4.78 is 10.0. The van der Waals surface area contributed by atoms with E-state index in [1.807, 2.05) is 60.7 Å². The molecule has 0 saturated carbocycles. The molecule has 3 N–H and O–H groups in total. The summed E-state index contributed by atoms with van der Waals surface area (Å²) in [4.78, 5) is 61.6. The number of carbonyl (C=O) groups excluding carboxylic acids is 4. The van der Waals surface area contributed by atoms with E-state index < -0.39 is 34.8 Å². The van der Waals surface area contributed by atoms with E-state index in [4.69, 9.17) is 4.74 Å². The highest BCUT2D eigenvalue weighted by molar-refractivity contribution is 8.13. The molecule has 2 unspecified atom stereocenters. The number of thioether (sulfide) groups is 1. The van der Waals surface area contributed by atoms with Gasteiger partial charge in [0.05, 0.1) is 10.6 Å². The molecule has 3 aromatic carbocycles. The highest BCUT2D eigenvalue weighted by Gasteiger charge is 2.28. The Morgan fingerprint density at radius 2 is 1.52 bits per heavy atom. The number of benzene rings is 3. The van der Waals surface area contributed by atoms with Gasteiger partial charge in [-0.2, -0.15) is 0 Å². The number of aromatic nitrogens is 2. The van der Waals surface area contributed by atoms with E-state index in [-0.39, 0.29) is 60.0 Å². The molecule has 46 heavy (non-hydrogen) atoms. The third-order valence-corrected chi connectivity index (χ3v) is 7.49. The zero-order valence-corrected chi connectivity index (χ0v) is 25.7. The summed E-state index contributed by atoms with van der Waals surface area (Å²) in [6.07, 6.45) is 0.245. The lowest BCUT2D eigenvalue weighted by molar-refractivity contribution is -0.383. The van der Waals surface area contributed by atoms with Gasteiger partial charge in [0, 0.05) is 44.6 Å². The summed E-state index contributed by atoms with van der Waals surface area (Å²) >= 11 is 1.03.